The summed E-state index contributed by atoms with van der Waals surface area (Å²) in [5.41, 5.74) is -0.286. The molecule has 0 bridgehead atoms. The number of carbonyl (C=O) groups excluding carboxylic acids is 1. The molecule has 104 valence electrons. The Morgan fingerprint density at radius 2 is 2.05 bits per heavy atom. The molecule has 0 fully saturated rings. The van der Waals surface area contributed by atoms with Gasteiger partial charge in [0.1, 0.15) is 12.4 Å². The zero-order valence-electron chi connectivity index (χ0n) is 10.7. The zero-order valence-corrected chi connectivity index (χ0v) is 11.4. The molecule has 0 saturated carbocycles. The van der Waals surface area contributed by atoms with Crippen LogP contribution in [0.1, 0.15) is 24.2 Å². The second-order valence-electron chi connectivity index (χ2n) is 4.57. The number of aliphatic carboxylic acids is 1. The second-order valence-corrected chi connectivity index (χ2v) is 4.98. The Morgan fingerprint density at radius 1 is 1.42 bits per heavy atom. The minimum absolute atomic E-state index is 0.0239. The molecule has 1 amide bonds. The van der Waals surface area contributed by atoms with Crippen molar-refractivity contribution in [3.8, 4) is 0 Å². The summed E-state index contributed by atoms with van der Waals surface area (Å²) in [5, 5.41) is 8.79. The summed E-state index contributed by atoms with van der Waals surface area (Å²) < 4.78 is 13.7. The van der Waals surface area contributed by atoms with Gasteiger partial charge in [0.15, 0.2) is 0 Å². The number of carboxylic acid groups (broad SMARTS) is 1. The Hall–Kier alpha value is -1.62. The molecule has 19 heavy (non-hydrogen) atoms. The molecule has 0 aliphatic rings. The van der Waals surface area contributed by atoms with E-state index < -0.39 is 24.2 Å². The number of hydrogen-bond acceptors (Lipinski definition) is 2. The number of halogens is 2. The molecule has 0 heterocycles. The van der Waals surface area contributed by atoms with E-state index in [1.807, 2.05) is 13.8 Å². The summed E-state index contributed by atoms with van der Waals surface area (Å²) in [6, 6.07) is 3.90. The normalized spacial score (nSPS) is 10.6. The summed E-state index contributed by atoms with van der Waals surface area (Å²) in [4.78, 5) is 24.1. The summed E-state index contributed by atoms with van der Waals surface area (Å²) in [7, 11) is 0. The highest BCUT2D eigenvalue weighted by atomic mass is 35.5. The summed E-state index contributed by atoms with van der Waals surface area (Å²) in [6.45, 7) is 3.41. The Labute approximate surface area is 115 Å². The molecule has 0 saturated heterocycles. The van der Waals surface area contributed by atoms with E-state index in [1.165, 1.54) is 12.1 Å². The van der Waals surface area contributed by atoms with E-state index in [0.717, 1.165) is 11.0 Å². The van der Waals surface area contributed by atoms with Gasteiger partial charge in [-0.05, 0) is 18.1 Å². The van der Waals surface area contributed by atoms with Crippen molar-refractivity contribution in [3.05, 3.63) is 34.6 Å². The average Bonchev–Trinajstić information content (AvgIpc) is 2.26. The smallest absolute Gasteiger partial charge is 0.323 e. The molecule has 0 unspecified atom stereocenters. The fourth-order valence-electron chi connectivity index (χ4n) is 1.68. The number of nitrogens with zero attached hydrogens (tertiary/aromatic N) is 1. The molecule has 0 aromatic heterocycles. The highest BCUT2D eigenvalue weighted by molar-refractivity contribution is 6.33. The Kier molecular flexibility index (Phi) is 5.30. The molecule has 6 heteroatoms. The van der Waals surface area contributed by atoms with Gasteiger partial charge in [0.2, 0.25) is 0 Å². The Balaban J connectivity index is 3.08. The summed E-state index contributed by atoms with van der Waals surface area (Å²) in [6.07, 6.45) is 0. The van der Waals surface area contributed by atoms with E-state index in [1.54, 1.807) is 0 Å². The van der Waals surface area contributed by atoms with Crippen molar-refractivity contribution in [2.24, 2.45) is 5.92 Å². The van der Waals surface area contributed by atoms with E-state index >= 15 is 0 Å². The third kappa shape index (κ3) is 4.21. The van der Waals surface area contributed by atoms with Crippen LogP contribution in [0.15, 0.2) is 18.2 Å². The van der Waals surface area contributed by atoms with Crippen LogP contribution in [0.5, 0.6) is 0 Å². The van der Waals surface area contributed by atoms with Crippen LogP contribution in [-0.2, 0) is 4.79 Å². The van der Waals surface area contributed by atoms with Crippen molar-refractivity contribution < 1.29 is 19.1 Å². The zero-order chi connectivity index (χ0) is 14.6. The Morgan fingerprint density at radius 3 is 2.53 bits per heavy atom. The van der Waals surface area contributed by atoms with Gasteiger partial charge >= 0.3 is 5.97 Å². The maximum atomic E-state index is 13.7. The van der Waals surface area contributed by atoms with Crippen molar-refractivity contribution in [1.29, 1.82) is 0 Å². The van der Waals surface area contributed by atoms with Crippen molar-refractivity contribution in [3.63, 3.8) is 0 Å². The molecule has 1 rings (SSSR count). The first kappa shape index (κ1) is 15.4. The van der Waals surface area contributed by atoms with E-state index in [9.17, 15) is 14.0 Å². The standard InChI is InChI=1S/C13H15ClFNO3/c1-8(2)6-16(7-11(17)18)13(19)12-9(14)4-3-5-10(12)15/h3-5,8H,6-7H2,1-2H3,(H,17,18). The van der Waals surface area contributed by atoms with Gasteiger partial charge in [0.25, 0.3) is 5.91 Å². The predicted octanol–water partition coefficient (Wildman–Crippen LogP) is 2.66. The third-order valence-corrected chi connectivity index (χ3v) is 2.69. The van der Waals surface area contributed by atoms with Crippen molar-refractivity contribution >= 4 is 23.5 Å². The molecule has 0 atom stereocenters. The van der Waals surface area contributed by atoms with Crippen LogP contribution in [0.25, 0.3) is 0 Å². The second kappa shape index (κ2) is 6.52. The number of carboxylic acids is 1. The highest BCUT2D eigenvalue weighted by Gasteiger charge is 2.24. The van der Waals surface area contributed by atoms with Crippen LogP contribution in [-0.4, -0.2) is 35.0 Å². The van der Waals surface area contributed by atoms with Crippen molar-refractivity contribution in [2.45, 2.75) is 13.8 Å². The monoisotopic (exact) mass is 287 g/mol. The fourth-order valence-corrected chi connectivity index (χ4v) is 1.93. The lowest BCUT2D eigenvalue weighted by atomic mass is 10.1. The molecule has 1 aromatic carbocycles. The number of benzene rings is 1. The van der Waals surface area contributed by atoms with Gasteiger partial charge in [0.05, 0.1) is 10.6 Å². The number of hydrogen-bond donors (Lipinski definition) is 1. The number of rotatable bonds is 5. The maximum absolute atomic E-state index is 13.7. The molecule has 1 N–H and O–H groups in total. The minimum Gasteiger partial charge on any atom is -0.480 e. The van der Waals surface area contributed by atoms with Crippen LogP contribution in [0.3, 0.4) is 0 Å². The van der Waals surface area contributed by atoms with E-state index in [2.05, 4.69) is 0 Å². The molecule has 0 aliphatic carbocycles. The fraction of sp³-hybridized carbons (Fsp3) is 0.385. The van der Waals surface area contributed by atoms with Gasteiger partial charge in [-0.2, -0.15) is 0 Å². The third-order valence-electron chi connectivity index (χ3n) is 2.38. The maximum Gasteiger partial charge on any atom is 0.323 e. The highest BCUT2D eigenvalue weighted by Crippen LogP contribution is 2.21. The molecule has 0 aliphatic heterocycles. The number of amides is 1. The van der Waals surface area contributed by atoms with Gasteiger partial charge in [-0.25, -0.2) is 4.39 Å². The van der Waals surface area contributed by atoms with Crippen LogP contribution < -0.4 is 0 Å². The first-order valence-electron chi connectivity index (χ1n) is 5.78. The molecular formula is C13H15ClFNO3. The molecule has 4 nitrogen and oxygen atoms in total. The average molecular weight is 288 g/mol. The minimum atomic E-state index is -1.15. The largest absolute Gasteiger partial charge is 0.480 e. The lowest BCUT2D eigenvalue weighted by Crippen LogP contribution is -2.38. The van der Waals surface area contributed by atoms with E-state index in [0.29, 0.717) is 0 Å². The van der Waals surface area contributed by atoms with E-state index in [-0.39, 0.29) is 23.0 Å². The quantitative estimate of drug-likeness (QED) is 0.906. The molecule has 0 radical (unpaired) electrons. The predicted molar refractivity (Wildman–Crippen MR) is 69.8 cm³/mol. The van der Waals surface area contributed by atoms with Crippen LogP contribution in [0.2, 0.25) is 5.02 Å². The Bertz CT molecular complexity index is 471. The number of carbonyl (C=O) groups is 2. The molecular weight excluding hydrogens is 273 g/mol. The van der Waals surface area contributed by atoms with Gasteiger partial charge in [0, 0.05) is 6.54 Å². The van der Waals surface area contributed by atoms with Gasteiger partial charge < -0.3 is 10.0 Å². The van der Waals surface area contributed by atoms with Crippen LogP contribution in [0.4, 0.5) is 4.39 Å². The van der Waals surface area contributed by atoms with Crippen LogP contribution >= 0.6 is 11.6 Å². The molecule has 1 aromatic rings. The van der Waals surface area contributed by atoms with E-state index in [4.69, 9.17) is 16.7 Å². The summed E-state index contributed by atoms with van der Waals surface area (Å²) >= 11 is 5.81. The first-order chi connectivity index (χ1) is 8.82. The topological polar surface area (TPSA) is 57.6 Å². The molecule has 0 spiro atoms. The van der Waals surface area contributed by atoms with Crippen molar-refractivity contribution in [2.75, 3.05) is 13.1 Å². The first-order valence-corrected chi connectivity index (χ1v) is 6.15. The van der Waals surface area contributed by atoms with Gasteiger partial charge in [-0.15, -0.1) is 0 Å². The van der Waals surface area contributed by atoms with Gasteiger partial charge in [-0.1, -0.05) is 31.5 Å². The van der Waals surface area contributed by atoms with Gasteiger partial charge in [-0.3, -0.25) is 9.59 Å². The van der Waals surface area contributed by atoms with Crippen LogP contribution in [0, 0.1) is 11.7 Å². The lowest BCUT2D eigenvalue weighted by Gasteiger charge is -2.23. The van der Waals surface area contributed by atoms with Crippen molar-refractivity contribution in [1.82, 2.24) is 4.90 Å². The lowest BCUT2D eigenvalue weighted by molar-refractivity contribution is -0.137. The SMILES string of the molecule is CC(C)CN(CC(=O)O)C(=O)c1c(F)cccc1Cl. The summed E-state index contributed by atoms with van der Waals surface area (Å²) in [5.74, 6) is -2.55.